The maximum atomic E-state index is 13.2. The SMILES string of the molecule is COc1ccc2oc3c(c2c1C(=O)Nc1c(Cl)cncc1Cl)CN(C(=O)O)CC3. The quantitative estimate of drug-likeness (QED) is 0.630. The third-order valence-corrected chi connectivity index (χ3v) is 5.34. The van der Waals surface area contributed by atoms with Crippen LogP contribution in [0.15, 0.2) is 28.9 Å². The number of furan rings is 1. The Morgan fingerprint density at radius 2 is 2.00 bits per heavy atom. The zero-order valence-electron chi connectivity index (χ0n) is 15.2. The molecule has 1 aliphatic heterocycles. The lowest BCUT2D eigenvalue weighted by Gasteiger charge is -2.23. The van der Waals surface area contributed by atoms with Gasteiger partial charge in [-0.15, -0.1) is 0 Å². The smallest absolute Gasteiger partial charge is 0.407 e. The zero-order valence-corrected chi connectivity index (χ0v) is 16.7. The molecule has 0 radical (unpaired) electrons. The van der Waals surface area contributed by atoms with Gasteiger partial charge in [0.05, 0.1) is 35.0 Å². The lowest BCUT2D eigenvalue weighted by atomic mass is 9.99. The fourth-order valence-electron chi connectivity index (χ4n) is 3.42. The van der Waals surface area contributed by atoms with E-state index >= 15 is 0 Å². The summed E-state index contributed by atoms with van der Waals surface area (Å²) in [5.41, 5.74) is 1.55. The van der Waals surface area contributed by atoms with Crippen molar-refractivity contribution in [2.75, 3.05) is 19.0 Å². The number of halogens is 2. The van der Waals surface area contributed by atoms with Gasteiger partial charge in [-0.05, 0) is 12.1 Å². The Balaban J connectivity index is 1.86. The van der Waals surface area contributed by atoms with Crippen LogP contribution in [-0.2, 0) is 13.0 Å². The second-order valence-corrected chi connectivity index (χ2v) is 7.22. The summed E-state index contributed by atoms with van der Waals surface area (Å²) < 4.78 is 11.3. The van der Waals surface area contributed by atoms with Gasteiger partial charge < -0.3 is 24.5 Å². The number of carbonyl (C=O) groups is 2. The predicted molar refractivity (Wildman–Crippen MR) is 107 cm³/mol. The summed E-state index contributed by atoms with van der Waals surface area (Å²) in [5, 5.41) is 12.9. The molecule has 1 aromatic carbocycles. The number of pyridine rings is 1. The monoisotopic (exact) mass is 435 g/mol. The molecule has 3 heterocycles. The molecule has 2 N–H and O–H groups in total. The largest absolute Gasteiger partial charge is 0.496 e. The first-order chi connectivity index (χ1) is 13.9. The number of ether oxygens (including phenoxy) is 1. The van der Waals surface area contributed by atoms with Crippen LogP contribution in [0.2, 0.25) is 10.0 Å². The molecule has 29 heavy (non-hydrogen) atoms. The van der Waals surface area contributed by atoms with Crippen molar-refractivity contribution in [3.8, 4) is 5.75 Å². The number of benzene rings is 1. The molecule has 2 amide bonds. The highest BCUT2D eigenvalue weighted by Crippen LogP contribution is 2.38. The molecule has 150 valence electrons. The number of aromatic nitrogens is 1. The molecule has 0 saturated carbocycles. The van der Waals surface area contributed by atoms with E-state index in [4.69, 9.17) is 32.4 Å². The lowest BCUT2D eigenvalue weighted by molar-refractivity contribution is 0.102. The lowest BCUT2D eigenvalue weighted by Crippen LogP contribution is -2.34. The standard InChI is InChI=1S/C19H15Cl2N3O5/c1-28-13-2-3-14-15(9-8-24(19(26)27)5-4-12(9)29-14)16(13)18(25)23-17-10(20)6-22-7-11(17)21/h2-3,6-7H,4-5,8H2,1H3,(H,26,27)(H,22,23,25). The summed E-state index contributed by atoms with van der Waals surface area (Å²) in [7, 11) is 1.44. The van der Waals surface area contributed by atoms with Crippen molar-refractivity contribution < 1.29 is 23.8 Å². The molecule has 2 aromatic heterocycles. The maximum absolute atomic E-state index is 13.2. The Morgan fingerprint density at radius 1 is 1.28 bits per heavy atom. The highest BCUT2D eigenvalue weighted by Gasteiger charge is 2.30. The van der Waals surface area contributed by atoms with Crippen LogP contribution in [0.4, 0.5) is 10.5 Å². The minimum atomic E-state index is -1.03. The molecule has 0 fully saturated rings. The zero-order chi connectivity index (χ0) is 20.7. The van der Waals surface area contributed by atoms with Crippen molar-refractivity contribution in [3.63, 3.8) is 0 Å². The second kappa shape index (κ2) is 7.46. The summed E-state index contributed by atoms with van der Waals surface area (Å²) in [6, 6.07) is 3.32. The average Bonchev–Trinajstić information content (AvgIpc) is 3.07. The van der Waals surface area contributed by atoms with Crippen LogP contribution in [0.25, 0.3) is 11.0 Å². The fraction of sp³-hybridized carbons (Fsp3) is 0.211. The van der Waals surface area contributed by atoms with E-state index in [-0.39, 0.29) is 27.8 Å². The third-order valence-electron chi connectivity index (χ3n) is 4.77. The van der Waals surface area contributed by atoms with Crippen LogP contribution >= 0.6 is 23.2 Å². The van der Waals surface area contributed by atoms with Crippen LogP contribution in [-0.4, -0.2) is 40.6 Å². The summed E-state index contributed by atoms with van der Waals surface area (Å²) >= 11 is 12.2. The van der Waals surface area contributed by atoms with Gasteiger partial charge in [0, 0.05) is 36.3 Å². The molecule has 3 aromatic rings. The first kappa shape index (κ1) is 19.4. The first-order valence-electron chi connectivity index (χ1n) is 8.60. The van der Waals surface area contributed by atoms with Gasteiger partial charge in [0.25, 0.3) is 5.91 Å². The van der Waals surface area contributed by atoms with Gasteiger partial charge in [0.2, 0.25) is 0 Å². The molecule has 10 heteroatoms. The van der Waals surface area contributed by atoms with Gasteiger partial charge in [0.15, 0.2) is 0 Å². The summed E-state index contributed by atoms with van der Waals surface area (Å²) in [6.45, 7) is 0.435. The van der Waals surface area contributed by atoms with E-state index in [1.807, 2.05) is 0 Å². The van der Waals surface area contributed by atoms with Crippen LogP contribution < -0.4 is 10.1 Å². The number of carbonyl (C=O) groups excluding carboxylic acids is 1. The van der Waals surface area contributed by atoms with Gasteiger partial charge in [-0.1, -0.05) is 23.2 Å². The van der Waals surface area contributed by atoms with E-state index in [0.717, 1.165) is 0 Å². The van der Waals surface area contributed by atoms with Crippen molar-refractivity contribution in [3.05, 3.63) is 51.5 Å². The molecular formula is C19H15Cl2N3O5. The molecule has 0 atom stereocenters. The van der Waals surface area contributed by atoms with Crippen LogP contribution in [0.3, 0.4) is 0 Å². The van der Waals surface area contributed by atoms with E-state index in [1.165, 1.54) is 24.4 Å². The minimum absolute atomic E-state index is 0.113. The number of methoxy groups -OCH3 is 1. The Morgan fingerprint density at radius 3 is 2.66 bits per heavy atom. The molecule has 0 unspecified atom stereocenters. The average molecular weight is 436 g/mol. The van der Waals surface area contributed by atoms with E-state index < -0.39 is 12.0 Å². The number of hydrogen-bond acceptors (Lipinski definition) is 5. The summed E-state index contributed by atoms with van der Waals surface area (Å²) in [6.07, 6.45) is 2.12. The Hall–Kier alpha value is -2.97. The third kappa shape index (κ3) is 3.34. The second-order valence-electron chi connectivity index (χ2n) is 6.41. The highest BCUT2D eigenvalue weighted by molar-refractivity contribution is 6.40. The van der Waals surface area contributed by atoms with Gasteiger partial charge in [-0.3, -0.25) is 9.78 Å². The molecule has 0 aliphatic carbocycles. The predicted octanol–water partition coefficient (Wildman–Crippen LogP) is 4.43. The van der Waals surface area contributed by atoms with Gasteiger partial charge in [-0.2, -0.15) is 0 Å². The Bertz CT molecular complexity index is 1120. The highest BCUT2D eigenvalue weighted by atomic mass is 35.5. The van der Waals surface area contributed by atoms with E-state index in [9.17, 15) is 14.7 Å². The molecular weight excluding hydrogens is 421 g/mol. The normalized spacial score (nSPS) is 13.3. The number of anilines is 1. The number of nitrogens with zero attached hydrogens (tertiary/aromatic N) is 2. The maximum Gasteiger partial charge on any atom is 0.407 e. The van der Waals surface area contributed by atoms with Crippen LogP contribution in [0, 0.1) is 0 Å². The molecule has 0 spiro atoms. The minimum Gasteiger partial charge on any atom is -0.496 e. The number of fused-ring (bicyclic) bond motifs is 3. The van der Waals surface area contributed by atoms with Gasteiger partial charge >= 0.3 is 6.09 Å². The van der Waals surface area contributed by atoms with E-state index in [1.54, 1.807) is 12.1 Å². The number of carboxylic acid groups (broad SMARTS) is 1. The Kier molecular flexibility index (Phi) is 4.97. The van der Waals surface area contributed by atoms with Crippen molar-refractivity contribution in [2.24, 2.45) is 0 Å². The molecule has 1 aliphatic rings. The van der Waals surface area contributed by atoms with Gasteiger partial charge in [0.1, 0.15) is 17.1 Å². The van der Waals surface area contributed by atoms with Gasteiger partial charge in [-0.25, -0.2) is 4.79 Å². The first-order valence-corrected chi connectivity index (χ1v) is 9.35. The number of rotatable bonds is 3. The molecule has 0 saturated heterocycles. The van der Waals surface area contributed by atoms with E-state index in [0.29, 0.717) is 41.0 Å². The number of nitrogens with one attached hydrogen (secondary N) is 1. The fourth-order valence-corrected chi connectivity index (χ4v) is 3.88. The van der Waals surface area contributed by atoms with E-state index in [2.05, 4.69) is 10.3 Å². The topological polar surface area (TPSA) is 105 Å². The molecule has 0 bridgehead atoms. The number of amides is 2. The van der Waals surface area contributed by atoms with Crippen LogP contribution in [0.5, 0.6) is 5.75 Å². The molecule has 4 rings (SSSR count). The van der Waals surface area contributed by atoms with Crippen molar-refractivity contribution in [1.82, 2.24) is 9.88 Å². The van der Waals surface area contributed by atoms with Crippen molar-refractivity contribution in [1.29, 1.82) is 0 Å². The summed E-state index contributed by atoms with van der Waals surface area (Å²) in [4.78, 5) is 29.8. The Labute approximate surface area is 175 Å². The van der Waals surface area contributed by atoms with Crippen molar-refractivity contribution >= 4 is 51.9 Å². The van der Waals surface area contributed by atoms with Crippen LogP contribution in [0.1, 0.15) is 21.7 Å². The number of hydrogen-bond donors (Lipinski definition) is 2. The van der Waals surface area contributed by atoms with Crippen molar-refractivity contribution in [2.45, 2.75) is 13.0 Å². The molecule has 8 nitrogen and oxygen atoms in total. The summed E-state index contributed by atoms with van der Waals surface area (Å²) in [5.74, 6) is 0.450.